The average molecular weight is 440 g/mol. The first-order valence-corrected chi connectivity index (χ1v) is 11.1. The van der Waals surface area contributed by atoms with Gasteiger partial charge in [-0.15, -0.1) is 0 Å². The van der Waals surface area contributed by atoms with Crippen LogP contribution in [0.5, 0.6) is 6.01 Å². The summed E-state index contributed by atoms with van der Waals surface area (Å²) in [5.41, 5.74) is 1.67. The molecule has 0 spiro atoms. The maximum Gasteiger partial charge on any atom is 0.410 e. The van der Waals surface area contributed by atoms with Crippen LogP contribution in [0.3, 0.4) is 0 Å². The highest BCUT2D eigenvalue weighted by Crippen LogP contribution is 2.26. The fourth-order valence-corrected chi connectivity index (χ4v) is 4.02. The molecule has 1 saturated heterocycles. The van der Waals surface area contributed by atoms with E-state index in [1.807, 2.05) is 55.7 Å². The predicted octanol–water partition coefficient (Wildman–Crippen LogP) is 5.39. The fraction of sp³-hybridized carbons (Fsp3) is 0.440. The summed E-state index contributed by atoms with van der Waals surface area (Å²) < 4.78 is 28.0. The van der Waals surface area contributed by atoms with Crippen LogP contribution in [0.15, 0.2) is 48.5 Å². The molecule has 1 aliphatic rings. The molecule has 0 radical (unpaired) electrons. The van der Waals surface area contributed by atoms with Gasteiger partial charge >= 0.3 is 6.09 Å². The average Bonchev–Trinajstić information content (AvgIpc) is 3.10. The smallest absolute Gasteiger partial charge is 0.410 e. The van der Waals surface area contributed by atoms with E-state index >= 15 is 0 Å². The molecular formula is C25H30FN3O3. The molecule has 1 aromatic heterocycles. The fourth-order valence-electron chi connectivity index (χ4n) is 4.02. The van der Waals surface area contributed by atoms with Crippen molar-refractivity contribution in [1.29, 1.82) is 0 Å². The van der Waals surface area contributed by atoms with Crippen LogP contribution in [-0.2, 0) is 11.3 Å². The van der Waals surface area contributed by atoms with Gasteiger partial charge in [-0.05, 0) is 58.2 Å². The first-order valence-electron chi connectivity index (χ1n) is 11.1. The van der Waals surface area contributed by atoms with Crippen molar-refractivity contribution in [2.24, 2.45) is 0 Å². The number of para-hydroxylation sites is 2. The second-order valence-electron chi connectivity index (χ2n) is 9.19. The van der Waals surface area contributed by atoms with E-state index in [1.54, 1.807) is 17.0 Å². The lowest BCUT2D eigenvalue weighted by Crippen LogP contribution is -2.48. The van der Waals surface area contributed by atoms with Crippen molar-refractivity contribution in [3.8, 4) is 6.01 Å². The second kappa shape index (κ2) is 9.18. The number of imidazole rings is 1. The number of likely N-dealkylation sites (tertiary alicyclic amines) is 1. The van der Waals surface area contributed by atoms with E-state index in [-0.39, 0.29) is 18.0 Å². The predicted molar refractivity (Wildman–Crippen MR) is 121 cm³/mol. The number of nitrogens with zero attached hydrogens (tertiary/aromatic N) is 3. The molecule has 0 bridgehead atoms. The van der Waals surface area contributed by atoms with Crippen molar-refractivity contribution in [3.05, 3.63) is 59.9 Å². The van der Waals surface area contributed by atoms with Gasteiger partial charge in [0.1, 0.15) is 18.0 Å². The van der Waals surface area contributed by atoms with Crippen LogP contribution in [-0.4, -0.2) is 45.3 Å². The molecule has 0 saturated carbocycles. The zero-order valence-electron chi connectivity index (χ0n) is 18.9. The minimum atomic E-state index is -0.548. The van der Waals surface area contributed by atoms with Gasteiger partial charge in [0, 0.05) is 12.1 Å². The van der Waals surface area contributed by atoms with Gasteiger partial charge < -0.3 is 14.4 Å². The van der Waals surface area contributed by atoms with E-state index < -0.39 is 5.60 Å². The number of aromatic nitrogens is 2. The first kappa shape index (κ1) is 22.1. The van der Waals surface area contributed by atoms with Gasteiger partial charge in [-0.1, -0.05) is 30.3 Å². The molecule has 2 aromatic carbocycles. The monoisotopic (exact) mass is 439 g/mol. The molecule has 32 heavy (non-hydrogen) atoms. The summed E-state index contributed by atoms with van der Waals surface area (Å²) in [5.74, 6) is -0.264. The molecule has 2 heterocycles. The number of amides is 1. The highest BCUT2D eigenvalue weighted by Gasteiger charge is 2.31. The van der Waals surface area contributed by atoms with Crippen molar-refractivity contribution >= 4 is 17.1 Å². The molecule has 6 nitrogen and oxygen atoms in total. The molecule has 1 fully saturated rings. The lowest BCUT2D eigenvalue weighted by Gasteiger charge is -2.36. The Morgan fingerprint density at radius 1 is 1.12 bits per heavy atom. The number of halogens is 1. The molecule has 7 heteroatoms. The Labute approximate surface area is 187 Å². The topological polar surface area (TPSA) is 56.6 Å². The number of carbonyl (C=O) groups excluding carboxylic acids is 1. The number of hydrogen-bond donors (Lipinski definition) is 0. The quantitative estimate of drug-likeness (QED) is 0.535. The van der Waals surface area contributed by atoms with Crippen molar-refractivity contribution in [3.63, 3.8) is 0 Å². The van der Waals surface area contributed by atoms with Gasteiger partial charge in [0.25, 0.3) is 6.01 Å². The molecule has 170 valence electrons. The van der Waals surface area contributed by atoms with Gasteiger partial charge in [0.05, 0.1) is 23.6 Å². The molecular weight excluding hydrogens is 409 g/mol. The minimum Gasteiger partial charge on any atom is -0.462 e. The molecule has 4 rings (SSSR count). The van der Waals surface area contributed by atoms with Gasteiger partial charge in [-0.2, -0.15) is 4.98 Å². The largest absolute Gasteiger partial charge is 0.462 e. The van der Waals surface area contributed by atoms with Crippen LogP contribution in [0.2, 0.25) is 0 Å². The van der Waals surface area contributed by atoms with Crippen molar-refractivity contribution in [2.45, 2.75) is 58.2 Å². The summed E-state index contributed by atoms with van der Waals surface area (Å²) in [5, 5.41) is 0. The van der Waals surface area contributed by atoms with E-state index in [1.165, 1.54) is 6.07 Å². The lowest BCUT2D eigenvalue weighted by molar-refractivity contribution is 0.00290. The standard InChI is InChI=1S/C25H30FN3O3/c1-25(2,3)32-24(30)28-15-9-8-11-19(28)17-31-23-27-21-13-6-7-14-22(21)29(23)16-18-10-4-5-12-20(18)26/h4-7,10,12-14,19H,8-9,11,15-17H2,1-3H3. The third kappa shape index (κ3) is 5.03. The van der Waals surface area contributed by atoms with Crippen LogP contribution in [0.4, 0.5) is 9.18 Å². The maximum atomic E-state index is 14.3. The second-order valence-corrected chi connectivity index (χ2v) is 9.19. The first-order chi connectivity index (χ1) is 15.3. The Morgan fingerprint density at radius 3 is 2.66 bits per heavy atom. The van der Waals surface area contributed by atoms with Crippen molar-refractivity contribution in [2.75, 3.05) is 13.2 Å². The Kier molecular flexibility index (Phi) is 6.35. The van der Waals surface area contributed by atoms with E-state index in [2.05, 4.69) is 4.98 Å². The normalized spacial score (nSPS) is 16.9. The van der Waals surface area contributed by atoms with Gasteiger partial charge in [-0.25, -0.2) is 9.18 Å². The zero-order valence-corrected chi connectivity index (χ0v) is 18.9. The van der Waals surface area contributed by atoms with Crippen molar-refractivity contribution < 1.29 is 18.7 Å². The van der Waals surface area contributed by atoms with Crippen LogP contribution in [0.25, 0.3) is 11.0 Å². The number of benzene rings is 2. The van der Waals surface area contributed by atoms with E-state index in [0.717, 1.165) is 30.3 Å². The molecule has 0 N–H and O–H groups in total. The number of piperidine rings is 1. The number of ether oxygens (including phenoxy) is 2. The Morgan fingerprint density at radius 2 is 1.88 bits per heavy atom. The zero-order chi connectivity index (χ0) is 22.7. The summed E-state index contributed by atoms with van der Waals surface area (Å²) in [7, 11) is 0. The van der Waals surface area contributed by atoms with Crippen molar-refractivity contribution in [1.82, 2.24) is 14.5 Å². The third-order valence-corrected chi connectivity index (χ3v) is 5.57. The van der Waals surface area contributed by atoms with Gasteiger partial charge in [-0.3, -0.25) is 4.57 Å². The highest BCUT2D eigenvalue weighted by atomic mass is 19.1. The summed E-state index contributed by atoms with van der Waals surface area (Å²) in [4.78, 5) is 19.1. The summed E-state index contributed by atoms with van der Waals surface area (Å²) >= 11 is 0. The lowest BCUT2D eigenvalue weighted by atomic mass is 10.0. The Bertz CT molecular complexity index is 1090. The summed E-state index contributed by atoms with van der Waals surface area (Å²) in [6.45, 7) is 6.86. The molecule has 3 aromatic rings. The van der Waals surface area contributed by atoms with Gasteiger partial charge in [0.15, 0.2) is 0 Å². The maximum absolute atomic E-state index is 14.3. The third-order valence-electron chi connectivity index (χ3n) is 5.57. The molecule has 1 amide bonds. The molecule has 1 unspecified atom stereocenters. The van der Waals surface area contributed by atoms with Crippen LogP contribution in [0.1, 0.15) is 45.6 Å². The number of fused-ring (bicyclic) bond motifs is 1. The van der Waals surface area contributed by atoms with Crippen LogP contribution >= 0.6 is 0 Å². The van der Waals surface area contributed by atoms with Crippen LogP contribution < -0.4 is 4.74 Å². The molecule has 0 aliphatic carbocycles. The Hall–Kier alpha value is -3.09. The molecule has 1 atom stereocenters. The minimum absolute atomic E-state index is 0.0969. The number of hydrogen-bond acceptors (Lipinski definition) is 4. The SMILES string of the molecule is CC(C)(C)OC(=O)N1CCCCC1COc1nc2ccccc2n1Cc1ccccc1F. The van der Waals surface area contributed by atoms with Crippen LogP contribution in [0, 0.1) is 5.82 Å². The Balaban J connectivity index is 1.56. The van der Waals surface area contributed by atoms with E-state index in [4.69, 9.17) is 9.47 Å². The molecule has 1 aliphatic heterocycles. The summed E-state index contributed by atoms with van der Waals surface area (Å²) in [6, 6.07) is 14.7. The number of carbonyl (C=O) groups is 1. The number of rotatable bonds is 5. The van der Waals surface area contributed by atoms with E-state index in [0.29, 0.717) is 31.3 Å². The summed E-state index contributed by atoms with van der Waals surface area (Å²) in [6.07, 6.45) is 2.50. The van der Waals surface area contributed by atoms with E-state index in [9.17, 15) is 9.18 Å². The highest BCUT2D eigenvalue weighted by molar-refractivity contribution is 5.76. The van der Waals surface area contributed by atoms with Gasteiger partial charge in [0.2, 0.25) is 0 Å².